The number of aromatic nitrogens is 3. The minimum absolute atomic E-state index is 0.587. The van der Waals surface area contributed by atoms with Crippen molar-refractivity contribution in [3.63, 3.8) is 0 Å². The predicted octanol–water partition coefficient (Wildman–Crippen LogP) is 17.9. The molecule has 4 heteroatoms. The number of aryl methyl sites for hydroxylation is 8. The lowest BCUT2D eigenvalue weighted by Crippen LogP contribution is -2.05. The Bertz CT molecular complexity index is 3950. The lowest BCUT2D eigenvalue weighted by atomic mass is 9.97. The van der Waals surface area contributed by atoms with E-state index in [-0.39, 0.29) is 0 Å². The van der Waals surface area contributed by atoms with Crippen LogP contribution in [-0.4, -0.2) is 14.1 Å². The summed E-state index contributed by atoms with van der Waals surface area (Å²) >= 11 is 0. The topological polar surface area (TPSA) is 46.5 Å². The fourth-order valence-electron chi connectivity index (χ4n) is 11.6. The Morgan fingerprint density at radius 1 is 0.306 bits per heavy atom. The molecule has 72 heavy (non-hydrogen) atoms. The molecule has 0 radical (unpaired) electrons. The van der Waals surface area contributed by atoms with Crippen LogP contribution < -0.4 is 0 Å². The Morgan fingerprint density at radius 2 is 0.597 bits per heavy atom. The van der Waals surface area contributed by atoms with Gasteiger partial charge < -0.3 is 9.13 Å². The van der Waals surface area contributed by atoms with E-state index in [4.69, 9.17) is 0 Å². The first kappa shape index (κ1) is 44.4. The van der Waals surface area contributed by atoms with Gasteiger partial charge in [0.05, 0.1) is 45.1 Å². The van der Waals surface area contributed by atoms with Gasteiger partial charge in [0.2, 0.25) is 0 Å². The van der Waals surface area contributed by atoms with Crippen LogP contribution in [0.25, 0.3) is 111 Å². The quantitative estimate of drug-likeness (QED) is 0.160. The second-order valence-electron chi connectivity index (χ2n) is 20.3. The van der Waals surface area contributed by atoms with E-state index in [0.717, 1.165) is 77.2 Å². The summed E-state index contributed by atoms with van der Waals surface area (Å²) < 4.78 is 4.84. The van der Waals surface area contributed by atoms with Crippen molar-refractivity contribution < 1.29 is 0 Å². The molecule has 0 saturated heterocycles. The van der Waals surface area contributed by atoms with Gasteiger partial charge in [-0.05, 0) is 178 Å². The maximum absolute atomic E-state index is 11.2. The van der Waals surface area contributed by atoms with E-state index in [9.17, 15) is 5.26 Å². The molecule has 3 aromatic heterocycles. The molecule has 0 unspecified atom stereocenters. The minimum Gasteiger partial charge on any atom is -0.307 e. The molecule has 0 amide bonds. The van der Waals surface area contributed by atoms with E-state index in [1.165, 1.54) is 77.9 Å². The van der Waals surface area contributed by atoms with Crippen LogP contribution in [0.3, 0.4) is 0 Å². The molecule has 0 fully saturated rings. The molecule has 0 saturated carbocycles. The Hall–Kier alpha value is -8.78. The molecule has 0 aliphatic heterocycles. The number of benzene rings is 9. The van der Waals surface area contributed by atoms with Crippen molar-refractivity contribution >= 4 is 43.6 Å². The highest BCUT2D eigenvalue weighted by Crippen LogP contribution is 2.44. The Kier molecular flexibility index (Phi) is 10.7. The maximum atomic E-state index is 11.2. The van der Waals surface area contributed by atoms with Gasteiger partial charge in [0, 0.05) is 39.5 Å². The van der Waals surface area contributed by atoms with Crippen LogP contribution in [0.1, 0.15) is 50.1 Å². The fourth-order valence-corrected chi connectivity index (χ4v) is 11.6. The number of hydrogen-bond donors (Lipinski definition) is 0. The molecule has 0 bridgehead atoms. The molecule has 0 N–H and O–H groups in total. The van der Waals surface area contributed by atoms with Crippen molar-refractivity contribution in [2.45, 2.75) is 55.4 Å². The highest BCUT2D eigenvalue weighted by Gasteiger charge is 2.24. The molecular weight excluding hydrogens is 873 g/mol. The Labute approximate surface area is 421 Å². The number of hydrogen-bond acceptors (Lipinski definition) is 2. The average molecular weight is 927 g/mol. The first-order valence-corrected chi connectivity index (χ1v) is 24.9. The maximum Gasteiger partial charge on any atom is 0.0998 e. The SMILES string of the molecule is Cc1cc(C)cc(-c2ccc3c(c2)c2cc(-c4cc(C)cc(C)c4)ccc2n3-c2cc(C#N)c(-c3ccncc3)cc2-n2c3ccc(-c4cc(C)cc(C)c4)cc3c3cc(-c4cc(C)cc(C)c4)ccc32)c1. The van der Waals surface area contributed by atoms with Gasteiger partial charge in [0.15, 0.2) is 0 Å². The van der Waals surface area contributed by atoms with Gasteiger partial charge in [-0.15, -0.1) is 0 Å². The van der Waals surface area contributed by atoms with E-state index in [0.29, 0.717) is 5.56 Å². The van der Waals surface area contributed by atoms with Gasteiger partial charge in [-0.2, -0.15) is 5.26 Å². The van der Waals surface area contributed by atoms with Crippen molar-refractivity contribution in [3.8, 4) is 73.1 Å². The first-order valence-electron chi connectivity index (χ1n) is 24.9. The van der Waals surface area contributed by atoms with E-state index < -0.39 is 0 Å². The van der Waals surface area contributed by atoms with Gasteiger partial charge in [-0.1, -0.05) is 142 Å². The van der Waals surface area contributed by atoms with Crippen molar-refractivity contribution in [2.75, 3.05) is 0 Å². The lowest BCUT2D eigenvalue weighted by molar-refractivity contribution is 1.09. The predicted molar refractivity (Wildman–Crippen MR) is 303 cm³/mol. The van der Waals surface area contributed by atoms with Crippen LogP contribution >= 0.6 is 0 Å². The summed E-state index contributed by atoms with van der Waals surface area (Å²) in [6, 6.07) is 65.9. The molecular formula is C68H54N4. The standard InChI is InChI=1S/C68H54N4/c1-40-21-41(2)26-53(25-40)49-9-13-63-59(33-49)60-34-50(54-27-42(3)22-43(4)28-54)10-14-64(60)71(63)67-37-57(39-69)58(48-17-19-70-20-18-48)38-68(67)72-65-15-11-51(55-29-44(5)23-45(6)30-55)35-61(65)62-36-52(12-16-66(62)72)56-31-46(7)24-47(8)32-56/h9-38H,1-8H3. The second kappa shape index (κ2) is 17.3. The van der Waals surface area contributed by atoms with Crippen LogP contribution in [0.2, 0.25) is 0 Å². The summed E-state index contributed by atoms with van der Waals surface area (Å²) in [5, 5.41) is 15.8. The third-order valence-electron chi connectivity index (χ3n) is 14.5. The van der Waals surface area contributed by atoms with E-state index in [1.807, 2.05) is 12.1 Å². The summed E-state index contributed by atoms with van der Waals surface area (Å²) in [5.41, 5.74) is 27.9. The van der Waals surface area contributed by atoms with Crippen molar-refractivity contribution in [3.05, 3.63) is 232 Å². The zero-order valence-corrected chi connectivity index (χ0v) is 42.1. The highest BCUT2D eigenvalue weighted by molar-refractivity contribution is 6.14. The summed E-state index contributed by atoms with van der Waals surface area (Å²) in [4.78, 5) is 4.38. The summed E-state index contributed by atoms with van der Waals surface area (Å²) in [6.07, 6.45) is 3.61. The van der Waals surface area contributed by atoms with Crippen LogP contribution in [0.5, 0.6) is 0 Å². The summed E-state index contributed by atoms with van der Waals surface area (Å²) in [6.45, 7) is 17.4. The summed E-state index contributed by atoms with van der Waals surface area (Å²) in [7, 11) is 0. The Balaban J connectivity index is 1.20. The summed E-state index contributed by atoms with van der Waals surface area (Å²) in [5.74, 6) is 0. The van der Waals surface area contributed by atoms with Crippen LogP contribution in [0.15, 0.2) is 182 Å². The third-order valence-corrected chi connectivity index (χ3v) is 14.5. The van der Waals surface area contributed by atoms with Crippen molar-refractivity contribution in [1.29, 1.82) is 5.26 Å². The van der Waals surface area contributed by atoms with E-state index in [2.05, 4.69) is 233 Å². The van der Waals surface area contributed by atoms with Crippen LogP contribution in [0.4, 0.5) is 0 Å². The van der Waals surface area contributed by atoms with Crippen LogP contribution in [0, 0.1) is 66.7 Å². The highest BCUT2D eigenvalue weighted by atomic mass is 15.1. The average Bonchev–Trinajstić information content (AvgIpc) is 3.86. The molecule has 9 aromatic carbocycles. The lowest BCUT2D eigenvalue weighted by Gasteiger charge is -2.20. The minimum atomic E-state index is 0.587. The number of rotatable bonds is 7. The Morgan fingerprint density at radius 3 is 0.889 bits per heavy atom. The zero-order chi connectivity index (χ0) is 49.5. The molecule has 346 valence electrons. The largest absolute Gasteiger partial charge is 0.307 e. The first-order chi connectivity index (χ1) is 34.8. The number of nitriles is 1. The number of pyridine rings is 1. The van der Waals surface area contributed by atoms with Crippen molar-refractivity contribution in [1.82, 2.24) is 14.1 Å². The van der Waals surface area contributed by atoms with Crippen molar-refractivity contribution in [2.24, 2.45) is 0 Å². The van der Waals surface area contributed by atoms with Gasteiger partial charge >= 0.3 is 0 Å². The smallest absolute Gasteiger partial charge is 0.0998 e. The van der Waals surface area contributed by atoms with Gasteiger partial charge in [0.1, 0.15) is 0 Å². The molecule has 12 aromatic rings. The van der Waals surface area contributed by atoms with Gasteiger partial charge in [0.25, 0.3) is 0 Å². The normalized spacial score (nSPS) is 11.6. The fraction of sp³-hybridized carbons (Fsp3) is 0.118. The number of nitrogens with zero attached hydrogens (tertiary/aromatic N) is 4. The second-order valence-corrected chi connectivity index (χ2v) is 20.3. The van der Waals surface area contributed by atoms with Gasteiger partial charge in [-0.3, -0.25) is 4.98 Å². The monoisotopic (exact) mass is 926 g/mol. The third kappa shape index (κ3) is 7.75. The van der Waals surface area contributed by atoms with E-state index >= 15 is 0 Å². The van der Waals surface area contributed by atoms with E-state index in [1.54, 1.807) is 12.4 Å². The molecule has 3 heterocycles. The molecule has 0 aliphatic rings. The number of fused-ring (bicyclic) bond motifs is 6. The molecule has 4 nitrogen and oxygen atoms in total. The zero-order valence-electron chi connectivity index (χ0n) is 42.1. The molecule has 0 spiro atoms. The molecule has 0 atom stereocenters. The van der Waals surface area contributed by atoms with Gasteiger partial charge in [-0.25, -0.2) is 0 Å². The van der Waals surface area contributed by atoms with Crippen LogP contribution in [-0.2, 0) is 0 Å². The molecule has 0 aliphatic carbocycles. The molecule has 12 rings (SSSR count).